The van der Waals surface area contributed by atoms with Gasteiger partial charge in [-0.25, -0.2) is 0 Å². The molecule has 0 amide bonds. The third kappa shape index (κ3) is 3.48. The average molecular weight is 193 g/mol. The Morgan fingerprint density at radius 2 is 1.79 bits per heavy atom. The van der Waals surface area contributed by atoms with Crippen molar-refractivity contribution in [3.8, 4) is 0 Å². The van der Waals surface area contributed by atoms with Crippen LogP contribution in [-0.4, -0.2) is 10.6 Å². The summed E-state index contributed by atoms with van der Waals surface area (Å²) in [6.07, 6.45) is 0.117. The van der Waals surface area contributed by atoms with E-state index in [-0.39, 0.29) is 5.54 Å². The molecule has 0 aliphatic rings. The lowest BCUT2D eigenvalue weighted by Crippen LogP contribution is -2.33. The number of aliphatic hydroxyl groups excluding tert-OH is 1. The van der Waals surface area contributed by atoms with Crippen molar-refractivity contribution in [2.45, 2.75) is 38.8 Å². The van der Waals surface area contributed by atoms with Gasteiger partial charge >= 0.3 is 0 Å². The smallest absolute Gasteiger partial charge is 0.0807 e. The van der Waals surface area contributed by atoms with Crippen LogP contribution in [0.2, 0.25) is 0 Å². The van der Waals surface area contributed by atoms with Crippen LogP contribution in [0, 0.1) is 6.92 Å². The molecule has 1 rings (SSSR count). The molecule has 0 spiro atoms. The molecule has 1 unspecified atom stereocenters. The first-order chi connectivity index (χ1) is 6.38. The van der Waals surface area contributed by atoms with Crippen LogP contribution in [0.25, 0.3) is 0 Å². The van der Waals surface area contributed by atoms with Crippen molar-refractivity contribution < 1.29 is 5.11 Å². The summed E-state index contributed by atoms with van der Waals surface area (Å²) < 4.78 is 0. The molecule has 1 aromatic rings. The molecular formula is C12H19NO. The van der Waals surface area contributed by atoms with Crippen LogP contribution in [0.5, 0.6) is 0 Å². The number of rotatable bonds is 3. The van der Waals surface area contributed by atoms with Crippen LogP contribution in [0.4, 0.5) is 0 Å². The molecule has 0 aliphatic heterocycles. The highest BCUT2D eigenvalue weighted by Gasteiger charge is 2.17. The third-order valence-corrected chi connectivity index (χ3v) is 2.18. The summed E-state index contributed by atoms with van der Waals surface area (Å²) in [5.74, 6) is 0. The van der Waals surface area contributed by atoms with Gasteiger partial charge in [-0.1, -0.05) is 29.8 Å². The second-order valence-electron chi connectivity index (χ2n) is 4.62. The summed E-state index contributed by atoms with van der Waals surface area (Å²) in [6, 6.07) is 7.90. The van der Waals surface area contributed by atoms with E-state index in [1.54, 1.807) is 0 Å². The number of hydrogen-bond donors (Lipinski definition) is 2. The molecule has 0 radical (unpaired) electrons. The van der Waals surface area contributed by atoms with E-state index in [4.69, 9.17) is 5.73 Å². The Morgan fingerprint density at radius 3 is 2.21 bits per heavy atom. The molecule has 1 aromatic carbocycles. The van der Waals surface area contributed by atoms with Gasteiger partial charge in [0.15, 0.2) is 0 Å². The molecule has 3 N–H and O–H groups in total. The van der Waals surface area contributed by atoms with Crippen LogP contribution >= 0.6 is 0 Å². The van der Waals surface area contributed by atoms with Crippen molar-refractivity contribution in [3.63, 3.8) is 0 Å². The van der Waals surface area contributed by atoms with Crippen LogP contribution in [-0.2, 0) is 0 Å². The Hall–Kier alpha value is -0.860. The van der Waals surface area contributed by atoms with Gasteiger partial charge in [0, 0.05) is 5.54 Å². The lowest BCUT2D eigenvalue weighted by molar-refractivity contribution is 0.142. The van der Waals surface area contributed by atoms with Gasteiger partial charge in [0.25, 0.3) is 0 Å². The number of aryl methyl sites for hydroxylation is 1. The quantitative estimate of drug-likeness (QED) is 0.772. The van der Waals surface area contributed by atoms with Crippen LogP contribution < -0.4 is 5.73 Å². The zero-order valence-corrected chi connectivity index (χ0v) is 9.12. The summed E-state index contributed by atoms with van der Waals surface area (Å²) in [4.78, 5) is 0. The second-order valence-corrected chi connectivity index (χ2v) is 4.62. The van der Waals surface area contributed by atoms with E-state index in [0.29, 0.717) is 6.42 Å². The van der Waals surface area contributed by atoms with Gasteiger partial charge in [-0.15, -0.1) is 0 Å². The Morgan fingerprint density at radius 1 is 1.29 bits per heavy atom. The van der Waals surface area contributed by atoms with Crippen molar-refractivity contribution in [1.82, 2.24) is 0 Å². The van der Waals surface area contributed by atoms with Crippen LogP contribution in [0.15, 0.2) is 24.3 Å². The fraction of sp³-hybridized carbons (Fsp3) is 0.500. The summed E-state index contributed by atoms with van der Waals surface area (Å²) in [5.41, 5.74) is 7.66. The molecule has 0 aliphatic carbocycles. The average Bonchev–Trinajstić information content (AvgIpc) is 2.02. The standard InChI is InChI=1S/C12H19NO/c1-9-4-6-10(7-5-9)11(14)8-12(2,3)13/h4-7,11,14H,8,13H2,1-3H3. The number of benzene rings is 1. The lowest BCUT2D eigenvalue weighted by atomic mass is 9.94. The van der Waals surface area contributed by atoms with Crippen molar-refractivity contribution in [3.05, 3.63) is 35.4 Å². The maximum absolute atomic E-state index is 9.87. The van der Waals surface area contributed by atoms with E-state index in [0.717, 1.165) is 5.56 Å². The number of hydrogen-bond acceptors (Lipinski definition) is 2. The molecule has 1 atom stereocenters. The zero-order chi connectivity index (χ0) is 10.8. The largest absolute Gasteiger partial charge is 0.388 e. The topological polar surface area (TPSA) is 46.2 Å². The molecule has 0 saturated heterocycles. The Bertz CT molecular complexity index is 284. The highest BCUT2D eigenvalue weighted by atomic mass is 16.3. The maximum atomic E-state index is 9.87. The van der Waals surface area contributed by atoms with Gasteiger partial charge in [-0.05, 0) is 32.8 Å². The fourth-order valence-electron chi connectivity index (χ4n) is 1.40. The first-order valence-corrected chi connectivity index (χ1v) is 4.92. The Labute approximate surface area is 85.8 Å². The number of nitrogens with two attached hydrogens (primary N) is 1. The maximum Gasteiger partial charge on any atom is 0.0807 e. The van der Waals surface area contributed by atoms with Crippen molar-refractivity contribution in [2.24, 2.45) is 5.73 Å². The first-order valence-electron chi connectivity index (χ1n) is 4.92. The van der Waals surface area contributed by atoms with E-state index in [1.165, 1.54) is 5.56 Å². The molecular weight excluding hydrogens is 174 g/mol. The van der Waals surface area contributed by atoms with Crippen LogP contribution in [0.3, 0.4) is 0 Å². The molecule has 0 heterocycles. The van der Waals surface area contributed by atoms with Crippen molar-refractivity contribution in [1.29, 1.82) is 0 Å². The van der Waals surface area contributed by atoms with Gasteiger partial charge in [-0.2, -0.15) is 0 Å². The Balaban J connectivity index is 2.70. The normalized spacial score (nSPS) is 14.1. The lowest BCUT2D eigenvalue weighted by Gasteiger charge is -2.22. The van der Waals surface area contributed by atoms with Gasteiger partial charge in [0.1, 0.15) is 0 Å². The van der Waals surface area contributed by atoms with Gasteiger partial charge < -0.3 is 10.8 Å². The highest BCUT2D eigenvalue weighted by Crippen LogP contribution is 2.22. The molecule has 14 heavy (non-hydrogen) atoms. The Kier molecular flexibility index (Phi) is 3.29. The molecule has 0 fully saturated rings. The summed E-state index contributed by atoms with van der Waals surface area (Å²) in [7, 11) is 0. The van der Waals surface area contributed by atoms with Gasteiger partial charge in [0.2, 0.25) is 0 Å². The van der Waals surface area contributed by atoms with E-state index in [1.807, 2.05) is 45.0 Å². The molecule has 0 saturated carbocycles. The van der Waals surface area contributed by atoms with E-state index in [2.05, 4.69) is 0 Å². The van der Waals surface area contributed by atoms with Gasteiger partial charge in [0.05, 0.1) is 6.10 Å². The minimum absolute atomic E-state index is 0.329. The monoisotopic (exact) mass is 193 g/mol. The van der Waals surface area contributed by atoms with E-state index in [9.17, 15) is 5.11 Å². The molecule has 2 nitrogen and oxygen atoms in total. The first kappa shape index (κ1) is 11.2. The SMILES string of the molecule is Cc1ccc(C(O)CC(C)(C)N)cc1. The predicted molar refractivity (Wildman–Crippen MR) is 59.0 cm³/mol. The summed E-state index contributed by atoms with van der Waals surface area (Å²) in [5, 5.41) is 9.87. The molecule has 78 valence electrons. The minimum Gasteiger partial charge on any atom is -0.388 e. The summed E-state index contributed by atoms with van der Waals surface area (Å²) in [6.45, 7) is 5.87. The van der Waals surface area contributed by atoms with Gasteiger partial charge in [-0.3, -0.25) is 0 Å². The molecule has 2 heteroatoms. The van der Waals surface area contributed by atoms with Crippen LogP contribution in [0.1, 0.15) is 37.5 Å². The third-order valence-electron chi connectivity index (χ3n) is 2.18. The number of aliphatic hydroxyl groups is 1. The predicted octanol–water partition coefficient (Wildman–Crippen LogP) is 2.16. The molecule has 0 bridgehead atoms. The van der Waals surface area contributed by atoms with E-state index < -0.39 is 6.10 Å². The van der Waals surface area contributed by atoms with E-state index >= 15 is 0 Å². The summed E-state index contributed by atoms with van der Waals surface area (Å²) >= 11 is 0. The zero-order valence-electron chi connectivity index (χ0n) is 9.12. The van der Waals surface area contributed by atoms with Crippen molar-refractivity contribution >= 4 is 0 Å². The second kappa shape index (κ2) is 4.11. The minimum atomic E-state index is -0.462. The fourth-order valence-corrected chi connectivity index (χ4v) is 1.40. The molecule has 0 aromatic heterocycles. The highest BCUT2D eigenvalue weighted by molar-refractivity contribution is 5.23. The van der Waals surface area contributed by atoms with Crippen molar-refractivity contribution in [2.75, 3.05) is 0 Å².